The summed E-state index contributed by atoms with van der Waals surface area (Å²) in [5, 5.41) is -0.0176. The molecule has 5 nitrogen and oxygen atoms in total. The minimum absolute atomic E-state index is 0.0176. The lowest BCUT2D eigenvalue weighted by atomic mass is 10.2. The van der Waals surface area contributed by atoms with Gasteiger partial charge in [0.1, 0.15) is 11.3 Å². The molecule has 0 spiro atoms. The molecule has 1 N–H and O–H groups in total. The Bertz CT molecular complexity index is 1020. The molecule has 0 unspecified atom stereocenters. The van der Waals surface area contributed by atoms with E-state index in [0.29, 0.717) is 31.1 Å². The molecule has 0 bridgehead atoms. The number of hydrogen-bond donors (Lipinski definition) is 1. The van der Waals surface area contributed by atoms with Gasteiger partial charge >= 0.3 is 6.18 Å². The molecule has 0 amide bonds. The monoisotopic (exact) mass is 473 g/mol. The Labute approximate surface area is 172 Å². The first-order valence-electron chi connectivity index (χ1n) is 8.62. The molecule has 0 radical (unpaired) electrons. The zero-order chi connectivity index (χ0) is 20.1. The fourth-order valence-electron chi connectivity index (χ4n) is 3.44. The Morgan fingerprint density at radius 2 is 2.07 bits per heavy atom. The van der Waals surface area contributed by atoms with E-state index in [1.807, 2.05) is 24.0 Å². The number of rotatable bonds is 2. The summed E-state index contributed by atoms with van der Waals surface area (Å²) in [5.41, 5.74) is -0.179. The molecule has 1 atom stereocenters. The van der Waals surface area contributed by atoms with Crippen LogP contribution in [0.3, 0.4) is 0 Å². The van der Waals surface area contributed by atoms with Crippen LogP contribution in [0.5, 0.6) is 0 Å². The number of nitrogens with zero attached hydrogens (tertiary/aromatic N) is 4. The van der Waals surface area contributed by atoms with Crippen LogP contribution in [0.25, 0.3) is 11.0 Å². The zero-order valence-electron chi connectivity index (χ0n) is 14.8. The maximum atomic E-state index is 13.0. The van der Waals surface area contributed by atoms with Crippen molar-refractivity contribution in [1.29, 1.82) is 0 Å². The number of pyridine rings is 1. The minimum atomic E-state index is -4.46. The van der Waals surface area contributed by atoms with Gasteiger partial charge in [0.15, 0.2) is 0 Å². The summed E-state index contributed by atoms with van der Waals surface area (Å²) in [6, 6.07) is 5.83. The first-order valence-corrected chi connectivity index (χ1v) is 9.79. The number of halogens is 5. The van der Waals surface area contributed by atoms with Crippen molar-refractivity contribution in [3.8, 4) is 0 Å². The summed E-state index contributed by atoms with van der Waals surface area (Å²) in [6.07, 6.45) is -2.71. The van der Waals surface area contributed by atoms with Gasteiger partial charge in [-0.3, -0.25) is 0 Å². The van der Waals surface area contributed by atoms with Crippen LogP contribution >= 0.6 is 27.5 Å². The van der Waals surface area contributed by atoms with Crippen LogP contribution in [0.2, 0.25) is 5.02 Å². The average Bonchev–Trinajstić information content (AvgIpc) is 3.06. The molecule has 2 aromatic heterocycles. The summed E-state index contributed by atoms with van der Waals surface area (Å²) in [6.45, 7) is 4.10. The number of imidazole rings is 1. The highest BCUT2D eigenvalue weighted by Crippen LogP contribution is 2.35. The Morgan fingerprint density at radius 3 is 2.75 bits per heavy atom. The van der Waals surface area contributed by atoms with Crippen molar-refractivity contribution in [2.24, 2.45) is 0 Å². The largest absolute Gasteiger partial charge is 0.416 e. The van der Waals surface area contributed by atoms with Gasteiger partial charge in [0, 0.05) is 31.9 Å². The first-order chi connectivity index (χ1) is 13.2. The van der Waals surface area contributed by atoms with Gasteiger partial charge in [0.05, 0.1) is 20.6 Å². The lowest BCUT2D eigenvalue weighted by Crippen LogP contribution is -2.52. The zero-order valence-corrected chi connectivity index (χ0v) is 17.1. The van der Waals surface area contributed by atoms with E-state index in [1.54, 1.807) is 6.20 Å². The molecule has 0 saturated carbocycles. The highest BCUT2D eigenvalue weighted by atomic mass is 79.9. The van der Waals surface area contributed by atoms with Gasteiger partial charge in [-0.1, -0.05) is 11.6 Å². The second-order valence-electron chi connectivity index (χ2n) is 6.71. The molecule has 148 valence electrons. The van der Waals surface area contributed by atoms with Crippen LogP contribution in [0.15, 0.2) is 34.9 Å². The topological polar surface area (TPSA) is 48.1 Å². The molecule has 4 rings (SSSR count). The van der Waals surface area contributed by atoms with Crippen LogP contribution < -0.4 is 9.80 Å². The van der Waals surface area contributed by atoms with Crippen LogP contribution in [-0.2, 0) is 6.18 Å². The number of hydrogen-bond acceptors (Lipinski definition) is 4. The summed E-state index contributed by atoms with van der Waals surface area (Å²) in [4.78, 5) is 16.1. The number of aromatic amines is 1. The van der Waals surface area contributed by atoms with Crippen LogP contribution in [0, 0.1) is 0 Å². The molecule has 10 heteroatoms. The first kappa shape index (κ1) is 19.3. The maximum absolute atomic E-state index is 13.0. The van der Waals surface area contributed by atoms with E-state index in [-0.39, 0.29) is 16.6 Å². The van der Waals surface area contributed by atoms with E-state index >= 15 is 0 Å². The van der Waals surface area contributed by atoms with Gasteiger partial charge in [-0.25, -0.2) is 9.97 Å². The fourth-order valence-corrected chi connectivity index (χ4v) is 4.20. The van der Waals surface area contributed by atoms with Crippen molar-refractivity contribution in [3.63, 3.8) is 0 Å². The molecule has 1 aliphatic rings. The second kappa shape index (κ2) is 7.11. The van der Waals surface area contributed by atoms with Crippen molar-refractivity contribution < 1.29 is 13.2 Å². The van der Waals surface area contributed by atoms with E-state index in [4.69, 9.17) is 11.6 Å². The third-order valence-electron chi connectivity index (χ3n) is 4.79. The van der Waals surface area contributed by atoms with E-state index < -0.39 is 11.7 Å². The minimum Gasteiger partial charge on any atom is -0.352 e. The molecule has 3 aromatic rings. The lowest BCUT2D eigenvalue weighted by molar-refractivity contribution is -0.137. The number of alkyl halides is 3. The number of H-pyrrole nitrogens is 1. The van der Waals surface area contributed by atoms with E-state index in [9.17, 15) is 13.2 Å². The molecule has 0 aliphatic carbocycles. The number of anilines is 2. The van der Waals surface area contributed by atoms with Gasteiger partial charge in [-0.2, -0.15) is 13.2 Å². The average molecular weight is 475 g/mol. The highest BCUT2D eigenvalue weighted by Gasteiger charge is 2.32. The van der Waals surface area contributed by atoms with Crippen molar-refractivity contribution in [3.05, 3.63) is 45.5 Å². The van der Waals surface area contributed by atoms with Gasteiger partial charge in [-0.15, -0.1) is 0 Å². The molecule has 1 aromatic carbocycles. The predicted octanol–water partition coefficient (Wildman–Crippen LogP) is 5.11. The summed E-state index contributed by atoms with van der Waals surface area (Å²) < 4.78 is 40.0. The van der Waals surface area contributed by atoms with Gasteiger partial charge < -0.3 is 14.8 Å². The quantitative estimate of drug-likeness (QED) is 0.561. The van der Waals surface area contributed by atoms with E-state index in [1.165, 1.54) is 0 Å². The Kier molecular flexibility index (Phi) is 4.91. The van der Waals surface area contributed by atoms with Gasteiger partial charge in [0.2, 0.25) is 5.95 Å². The normalized spacial score (nSPS) is 18.1. The second-order valence-corrected chi connectivity index (χ2v) is 7.97. The van der Waals surface area contributed by atoms with Crippen molar-refractivity contribution >= 4 is 50.3 Å². The highest BCUT2D eigenvalue weighted by molar-refractivity contribution is 9.10. The third kappa shape index (κ3) is 3.53. The molecule has 1 fully saturated rings. The SMILES string of the molecule is C[C@@H]1CN(c2ncccc2Br)CCN1c1nc2c(Cl)cc(C(F)(F)F)cc2[nH]1. The fraction of sp³-hybridized carbons (Fsp3) is 0.333. The number of fused-ring (bicyclic) bond motifs is 1. The predicted molar refractivity (Wildman–Crippen MR) is 107 cm³/mol. The van der Waals surface area contributed by atoms with Crippen LogP contribution in [0.1, 0.15) is 12.5 Å². The molecule has 3 heterocycles. The van der Waals surface area contributed by atoms with E-state index in [2.05, 4.69) is 35.8 Å². The molecule has 1 saturated heterocycles. The van der Waals surface area contributed by atoms with Crippen molar-refractivity contribution in [1.82, 2.24) is 15.0 Å². The molecule has 28 heavy (non-hydrogen) atoms. The number of piperazine rings is 1. The van der Waals surface area contributed by atoms with Gasteiger partial charge in [0.25, 0.3) is 0 Å². The van der Waals surface area contributed by atoms with Gasteiger partial charge in [-0.05, 0) is 47.1 Å². The Hall–Kier alpha value is -2.00. The summed E-state index contributed by atoms with van der Waals surface area (Å²) >= 11 is 9.58. The summed E-state index contributed by atoms with van der Waals surface area (Å²) in [7, 11) is 0. The third-order valence-corrected chi connectivity index (χ3v) is 5.70. The van der Waals surface area contributed by atoms with Crippen molar-refractivity contribution in [2.45, 2.75) is 19.1 Å². The summed E-state index contributed by atoms with van der Waals surface area (Å²) in [5.74, 6) is 1.39. The van der Waals surface area contributed by atoms with Crippen LogP contribution in [-0.4, -0.2) is 40.6 Å². The standard InChI is InChI=1S/C18H16BrClF3N5/c1-10-9-27(16-12(19)3-2-4-24-16)5-6-28(10)17-25-14-8-11(18(21,22)23)7-13(20)15(14)26-17/h2-4,7-8,10H,5-6,9H2,1H3,(H,25,26)/t10-/m1/s1. The lowest BCUT2D eigenvalue weighted by Gasteiger charge is -2.40. The number of benzene rings is 1. The Morgan fingerprint density at radius 1 is 1.29 bits per heavy atom. The molecular weight excluding hydrogens is 459 g/mol. The molecular formula is C18H16BrClF3N5. The Balaban J connectivity index is 1.61. The molecule has 1 aliphatic heterocycles. The number of aromatic nitrogens is 3. The maximum Gasteiger partial charge on any atom is 0.416 e. The van der Waals surface area contributed by atoms with E-state index in [0.717, 1.165) is 22.4 Å². The van der Waals surface area contributed by atoms with Crippen molar-refractivity contribution in [2.75, 3.05) is 29.4 Å². The number of nitrogens with one attached hydrogen (secondary N) is 1. The van der Waals surface area contributed by atoms with Crippen LogP contribution in [0.4, 0.5) is 24.9 Å². The smallest absolute Gasteiger partial charge is 0.352 e.